The van der Waals surface area contributed by atoms with Crippen LogP contribution in [0.25, 0.3) is 0 Å². The van der Waals surface area contributed by atoms with Crippen LogP contribution in [-0.4, -0.2) is 23.0 Å². The summed E-state index contributed by atoms with van der Waals surface area (Å²) < 4.78 is 26.3. The molecule has 1 aromatic carbocycles. The first kappa shape index (κ1) is 15.1. The third-order valence-corrected chi connectivity index (χ3v) is 2.48. The summed E-state index contributed by atoms with van der Waals surface area (Å²) in [7, 11) is 0. The fourth-order valence-corrected chi connectivity index (χ4v) is 1.60. The van der Waals surface area contributed by atoms with Crippen molar-refractivity contribution in [3.8, 4) is 0 Å². The second kappa shape index (κ2) is 6.26. The minimum atomic E-state index is -1.21. The highest BCUT2D eigenvalue weighted by Crippen LogP contribution is 2.11. The highest BCUT2D eigenvalue weighted by atomic mass is 19.1. The predicted octanol–water partition coefficient (Wildman–Crippen LogP) is 2.19. The van der Waals surface area contributed by atoms with Crippen LogP contribution in [0, 0.1) is 17.6 Å². The maximum absolute atomic E-state index is 13.4. The molecule has 1 amide bonds. The van der Waals surface area contributed by atoms with E-state index < -0.39 is 35.1 Å². The van der Waals surface area contributed by atoms with Crippen LogP contribution in [0.1, 0.15) is 30.6 Å². The molecule has 0 saturated carbocycles. The molecule has 0 saturated heterocycles. The molecule has 1 unspecified atom stereocenters. The maximum Gasteiger partial charge on any atom is 0.326 e. The first-order chi connectivity index (χ1) is 8.81. The zero-order chi connectivity index (χ0) is 14.6. The van der Waals surface area contributed by atoms with Gasteiger partial charge in [-0.2, -0.15) is 0 Å². The molecule has 0 aliphatic carbocycles. The molecule has 0 aromatic heterocycles. The van der Waals surface area contributed by atoms with Crippen molar-refractivity contribution >= 4 is 11.9 Å². The molecule has 0 aliphatic heterocycles. The Morgan fingerprint density at radius 2 is 1.95 bits per heavy atom. The highest BCUT2D eigenvalue weighted by molar-refractivity contribution is 5.96. The van der Waals surface area contributed by atoms with Crippen molar-refractivity contribution in [2.24, 2.45) is 5.92 Å². The number of carbonyl (C=O) groups excluding carboxylic acids is 1. The lowest BCUT2D eigenvalue weighted by molar-refractivity contribution is -0.139. The maximum atomic E-state index is 13.4. The first-order valence-corrected chi connectivity index (χ1v) is 5.80. The van der Waals surface area contributed by atoms with E-state index >= 15 is 0 Å². The van der Waals surface area contributed by atoms with E-state index in [1.807, 2.05) is 0 Å². The Hall–Kier alpha value is -1.98. The summed E-state index contributed by atoms with van der Waals surface area (Å²) in [6.07, 6.45) is 0.206. The van der Waals surface area contributed by atoms with E-state index in [2.05, 4.69) is 5.32 Å². The number of nitrogens with one attached hydrogen (secondary N) is 1. The second-order valence-electron chi connectivity index (χ2n) is 4.62. The molecule has 19 heavy (non-hydrogen) atoms. The number of carbonyl (C=O) groups is 2. The number of aliphatic carboxylic acids is 1. The number of benzene rings is 1. The molecular formula is C13H15F2NO3. The van der Waals surface area contributed by atoms with E-state index in [0.29, 0.717) is 0 Å². The molecule has 0 spiro atoms. The van der Waals surface area contributed by atoms with Gasteiger partial charge in [-0.3, -0.25) is 4.79 Å². The van der Waals surface area contributed by atoms with Crippen molar-refractivity contribution in [1.29, 1.82) is 0 Å². The Morgan fingerprint density at radius 3 is 2.47 bits per heavy atom. The van der Waals surface area contributed by atoms with Crippen LogP contribution >= 0.6 is 0 Å². The number of amides is 1. The van der Waals surface area contributed by atoms with Gasteiger partial charge in [-0.15, -0.1) is 0 Å². The van der Waals surface area contributed by atoms with Gasteiger partial charge < -0.3 is 10.4 Å². The van der Waals surface area contributed by atoms with E-state index in [1.54, 1.807) is 13.8 Å². The first-order valence-electron chi connectivity index (χ1n) is 5.80. The van der Waals surface area contributed by atoms with Crippen LogP contribution in [0.5, 0.6) is 0 Å². The minimum absolute atomic E-state index is 0.0405. The number of rotatable bonds is 5. The van der Waals surface area contributed by atoms with Crippen LogP contribution in [0.2, 0.25) is 0 Å². The third-order valence-electron chi connectivity index (χ3n) is 2.48. The number of halogens is 2. The zero-order valence-electron chi connectivity index (χ0n) is 10.6. The molecule has 1 aromatic rings. The third kappa shape index (κ3) is 4.31. The molecular weight excluding hydrogens is 256 g/mol. The van der Waals surface area contributed by atoms with Gasteiger partial charge in [-0.05, 0) is 30.5 Å². The Morgan fingerprint density at radius 1 is 1.32 bits per heavy atom. The molecule has 1 atom stereocenters. The largest absolute Gasteiger partial charge is 0.480 e. The smallest absolute Gasteiger partial charge is 0.326 e. The summed E-state index contributed by atoms with van der Waals surface area (Å²) in [5, 5.41) is 11.1. The summed E-state index contributed by atoms with van der Waals surface area (Å²) >= 11 is 0. The van der Waals surface area contributed by atoms with Crippen LogP contribution in [0.15, 0.2) is 18.2 Å². The molecule has 0 aliphatic rings. The Bertz CT molecular complexity index is 489. The molecule has 2 N–H and O–H groups in total. The molecule has 1 rings (SSSR count). The zero-order valence-corrected chi connectivity index (χ0v) is 10.6. The Labute approximate surface area is 109 Å². The quantitative estimate of drug-likeness (QED) is 0.862. The lowest BCUT2D eigenvalue weighted by Crippen LogP contribution is -2.41. The van der Waals surface area contributed by atoms with Crippen LogP contribution < -0.4 is 5.32 Å². The number of carboxylic acid groups (broad SMARTS) is 1. The van der Waals surface area contributed by atoms with Gasteiger partial charge in [0.05, 0.1) is 5.56 Å². The molecule has 0 bridgehead atoms. The van der Waals surface area contributed by atoms with Gasteiger partial charge in [0, 0.05) is 0 Å². The summed E-state index contributed by atoms with van der Waals surface area (Å²) in [4.78, 5) is 22.7. The molecule has 4 nitrogen and oxygen atoms in total. The van der Waals surface area contributed by atoms with E-state index in [4.69, 9.17) is 5.11 Å². The SMILES string of the molecule is CC(C)CC(NC(=O)c1cc(F)ccc1F)C(=O)O. The number of hydrogen-bond acceptors (Lipinski definition) is 2. The van der Waals surface area contributed by atoms with Gasteiger partial charge >= 0.3 is 5.97 Å². The molecule has 104 valence electrons. The molecule has 0 heterocycles. The number of hydrogen-bond donors (Lipinski definition) is 2. The van der Waals surface area contributed by atoms with Crippen LogP contribution in [-0.2, 0) is 4.79 Å². The van der Waals surface area contributed by atoms with Crippen molar-refractivity contribution in [2.45, 2.75) is 26.3 Å². The van der Waals surface area contributed by atoms with Gasteiger partial charge in [0.15, 0.2) is 0 Å². The van der Waals surface area contributed by atoms with Gasteiger partial charge in [-0.25, -0.2) is 13.6 Å². The summed E-state index contributed by atoms with van der Waals surface area (Å²) in [5.74, 6) is -3.77. The molecule has 0 radical (unpaired) electrons. The lowest BCUT2D eigenvalue weighted by atomic mass is 10.0. The van der Waals surface area contributed by atoms with Gasteiger partial charge in [0.2, 0.25) is 0 Å². The van der Waals surface area contributed by atoms with Crippen molar-refractivity contribution < 1.29 is 23.5 Å². The van der Waals surface area contributed by atoms with Crippen molar-refractivity contribution in [2.75, 3.05) is 0 Å². The molecule has 0 fully saturated rings. The monoisotopic (exact) mass is 271 g/mol. The molecule has 6 heteroatoms. The average molecular weight is 271 g/mol. The van der Waals surface area contributed by atoms with Gasteiger partial charge in [0.25, 0.3) is 5.91 Å². The minimum Gasteiger partial charge on any atom is -0.480 e. The topological polar surface area (TPSA) is 66.4 Å². The van der Waals surface area contributed by atoms with Crippen LogP contribution in [0.3, 0.4) is 0 Å². The second-order valence-corrected chi connectivity index (χ2v) is 4.62. The van der Waals surface area contributed by atoms with E-state index in [0.717, 1.165) is 18.2 Å². The Balaban J connectivity index is 2.87. The van der Waals surface area contributed by atoms with Gasteiger partial charge in [0.1, 0.15) is 17.7 Å². The average Bonchev–Trinajstić information content (AvgIpc) is 2.30. The van der Waals surface area contributed by atoms with E-state index in [-0.39, 0.29) is 12.3 Å². The van der Waals surface area contributed by atoms with Crippen molar-refractivity contribution in [3.05, 3.63) is 35.4 Å². The van der Waals surface area contributed by atoms with E-state index in [1.165, 1.54) is 0 Å². The van der Waals surface area contributed by atoms with Crippen LogP contribution in [0.4, 0.5) is 8.78 Å². The van der Waals surface area contributed by atoms with E-state index in [9.17, 15) is 18.4 Å². The number of carboxylic acids is 1. The standard InChI is InChI=1S/C13H15F2NO3/c1-7(2)5-11(13(18)19)16-12(17)9-6-8(14)3-4-10(9)15/h3-4,6-7,11H,5H2,1-2H3,(H,16,17)(H,18,19). The Kier molecular flexibility index (Phi) is 4.97. The van der Waals surface area contributed by atoms with Gasteiger partial charge in [-0.1, -0.05) is 13.8 Å². The highest BCUT2D eigenvalue weighted by Gasteiger charge is 2.23. The summed E-state index contributed by atoms with van der Waals surface area (Å²) in [6.45, 7) is 3.59. The van der Waals surface area contributed by atoms with Crippen molar-refractivity contribution in [3.63, 3.8) is 0 Å². The summed E-state index contributed by atoms with van der Waals surface area (Å²) in [6, 6.07) is 1.31. The van der Waals surface area contributed by atoms with Crippen molar-refractivity contribution in [1.82, 2.24) is 5.32 Å². The fraction of sp³-hybridized carbons (Fsp3) is 0.385. The fourth-order valence-electron chi connectivity index (χ4n) is 1.60. The summed E-state index contributed by atoms with van der Waals surface area (Å²) in [5.41, 5.74) is -0.505. The normalized spacial score (nSPS) is 12.3. The lowest BCUT2D eigenvalue weighted by Gasteiger charge is -2.16. The predicted molar refractivity (Wildman–Crippen MR) is 64.7 cm³/mol.